The number of aryl methyl sites for hydroxylation is 1. The van der Waals surface area contributed by atoms with Crippen LogP contribution in [0.3, 0.4) is 0 Å². The second kappa shape index (κ2) is 4.25. The van der Waals surface area contributed by atoms with Gasteiger partial charge in [0, 0.05) is 23.5 Å². The maximum Gasteiger partial charge on any atom is 0.197 e. The van der Waals surface area contributed by atoms with Gasteiger partial charge in [-0.15, -0.1) is 0 Å². The van der Waals surface area contributed by atoms with E-state index in [2.05, 4.69) is 4.98 Å². The third kappa shape index (κ3) is 1.63. The van der Waals surface area contributed by atoms with E-state index in [0.717, 1.165) is 36.0 Å². The molecule has 100 valence electrons. The second-order valence-electron chi connectivity index (χ2n) is 5.51. The molecule has 1 aliphatic carbocycles. The number of ether oxygens (including phenoxy) is 1. The average molecular weight is 265 g/mol. The highest BCUT2D eigenvalue weighted by atomic mass is 16.6. The summed E-state index contributed by atoms with van der Waals surface area (Å²) in [6, 6.07) is 11.8. The van der Waals surface area contributed by atoms with Crippen LogP contribution in [0.5, 0.6) is 0 Å². The molecule has 1 aliphatic heterocycles. The number of carbonyl (C=O) groups is 1. The Morgan fingerprint density at radius 2 is 2.10 bits per heavy atom. The fourth-order valence-corrected chi connectivity index (χ4v) is 3.25. The molecule has 4 rings (SSSR count). The fourth-order valence-electron chi connectivity index (χ4n) is 3.25. The van der Waals surface area contributed by atoms with Gasteiger partial charge < -0.3 is 4.74 Å². The fraction of sp³-hybridized carbons (Fsp3) is 0.294. The number of aromatic nitrogens is 1. The number of nitrogens with zero attached hydrogens (tertiary/aromatic N) is 1. The van der Waals surface area contributed by atoms with E-state index in [4.69, 9.17) is 4.74 Å². The SMILES string of the molecule is O=C1c2ccccc2CCCC12OC2c1cccnc1. The van der Waals surface area contributed by atoms with Crippen LogP contribution in [-0.4, -0.2) is 16.4 Å². The third-order valence-corrected chi connectivity index (χ3v) is 4.32. The summed E-state index contributed by atoms with van der Waals surface area (Å²) in [5.41, 5.74) is 2.33. The molecule has 2 heterocycles. The van der Waals surface area contributed by atoms with Gasteiger partial charge in [0.1, 0.15) is 6.10 Å². The Morgan fingerprint density at radius 3 is 2.95 bits per heavy atom. The lowest BCUT2D eigenvalue weighted by molar-refractivity contribution is 0.0867. The molecule has 0 saturated carbocycles. The summed E-state index contributed by atoms with van der Waals surface area (Å²) < 4.78 is 5.89. The number of hydrogen-bond donors (Lipinski definition) is 0. The van der Waals surface area contributed by atoms with Crippen molar-refractivity contribution in [1.82, 2.24) is 4.98 Å². The van der Waals surface area contributed by atoms with Crippen molar-refractivity contribution in [2.75, 3.05) is 0 Å². The molecule has 3 heteroatoms. The Bertz CT molecular complexity index is 668. The van der Waals surface area contributed by atoms with Crippen LogP contribution < -0.4 is 0 Å². The number of rotatable bonds is 1. The lowest BCUT2D eigenvalue weighted by Gasteiger charge is -2.09. The highest BCUT2D eigenvalue weighted by Crippen LogP contribution is 2.55. The molecule has 1 saturated heterocycles. The van der Waals surface area contributed by atoms with Gasteiger partial charge in [-0.1, -0.05) is 30.3 Å². The largest absolute Gasteiger partial charge is 0.352 e. The van der Waals surface area contributed by atoms with Crippen LogP contribution in [0.25, 0.3) is 0 Å². The molecule has 2 atom stereocenters. The first kappa shape index (κ1) is 11.8. The summed E-state index contributed by atoms with van der Waals surface area (Å²) in [5.74, 6) is 0.138. The van der Waals surface area contributed by atoms with Crippen LogP contribution in [0.1, 0.15) is 40.4 Å². The van der Waals surface area contributed by atoms with E-state index in [1.807, 2.05) is 36.4 Å². The molecule has 0 bridgehead atoms. The molecule has 20 heavy (non-hydrogen) atoms. The molecular weight excluding hydrogens is 250 g/mol. The van der Waals surface area contributed by atoms with Gasteiger partial charge in [0.15, 0.2) is 11.4 Å². The summed E-state index contributed by atoms with van der Waals surface area (Å²) in [6.45, 7) is 0. The standard InChI is InChI=1S/C17H15NO2/c19-15-14-8-2-1-5-12(14)6-3-9-17(15)16(20-17)13-7-4-10-18-11-13/h1-2,4-5,7-8,10-11,16H,3,6,9H2. The van der Waals surface area contributed by atoms with E-state index < -0.39 is 5.60 Å². The summed E-state index contributed by atoms with van der Waals surface area (Å²) in [6.07, 6.45) is 6.13. The van der Waals surface area contributed by atoms with Gasteiger partial charge in [0.2, 0.25) is 0 Å². The molecule has 0 amide bonds. The van der Waals surface area contributed by atoms with Gasteiger partial charge in [-0.3, -0.25) is 9.78 Å². The van der Waals surface area contributed by atoms with E-state index in [-0.39, 0.29) is 11.9 Å². The smallest absolute Gasteiger partial charge is 0.197 e. The lowest BCUT2D eigenvalue weighted by atomic mass is 9.89. The lowest BCUT2D eigenvalue weighted by Crippen LogP contribution is -2.24. The second-order valence-corrected chi connectivity index (χ2v) is 5.51. The first-order valence-electron chi connectivity index (χ1n) is 7.02. The van der Waals surface area contributed by atoms with Crippen molar-refractivity contribution in [3.05, 3.63) is 65.5 Å². The zero-order valence-corrected chi connectivity index (χ0v) is 11.1. The van der Waals surface area contributed by atoms with Gasteiger partial charge >= 0.3 is 0 Å². The Morgan fingerprint density at radius 1 is 1.20 bits per heavy atom. The van der Waals surface area contributed by atoms with Crippen LogP contribution in [0, 0.1) is 0 Å². The third-order valence-electron chi connectivity index (χ3n) is 4.32. The number of fused-ring (bicyclic) bond motifs is 1. The van der Waals surface area contributed by atoms with Crippen molar-refractivity contribution in [3.8, 4) is 0 Å². The monoisotopic (exact) mass is 265 g/mol. The molecule has 0 N–H and O–H groups in total. The molecule has 1 fully saturated rings. The Hall–Kier alpha value is -2.00. The van der Waals surface area contributed by atoms with Crippen LogP contribution in [0.15, 0.2) is 48.8 Å². The van der Waals surface area contributed by atoms with E-state index in [1.54, 1.807) is 12.4 Å². The van der Waals surface area contributed by atoms with Gasteiger partial charge in [-0.05, 0) is 30.9 Å². The minimum absolute atomic E-state index is 0.130. The molecular formula is C17H15NO2. The minimum atomic E-state index is -0.643. The molecule has 1 aromatic carbocycles. The average Bonchev–Trinajstić information content (AvgIpc) is 3.25. The van der Waals surface area contributed by atoms with Crippen molar-refractivity contribution in [1.29, 1.82) is 0 Å². The number of Topliss-reactive ketones (excluding diaryl/α,β-unsaturated/α-hetero) is 1. The number of ketones is 1. The Balaban J connectivity index is 1.73. The Kier molecular flexibility index (Phi) is 2.51. The maximum atomic E-state index is 12.9. The van der Waals surface area contributed by atoms with Gasteiger partial charge in [0.05, 0.1) is 0 Å². The van der Waals surface area contributed by atoms with Gasteiger partial charge in [-0.25, -0.2) is 0 Å². The summed E-state index contributed by atoms with van der Waals surface area (Å²) >= 11 is 0. The molecule has 3 nitrogen and oxygen atoms in total. The quantitative estimate of drug-likeness (QED) is 0.744. The van der Waals surface area contributed by atoms with Crippen LogP contribution in [-0.2, 0) is 11.2 Å². The van der Waals surface area contributed by atoms with Gasteiger partial charge in [-0.2, -0.15) is 0 Å². The predicted molar refractivity (Wildman–Crippen MR) is 74.5 cm³/mol. The predicted octanol–water partition coefficient (Wildman–Crippen LogP) is 3.11. The van der Waals surface area contributed by atoms with Crippen LogP contribution in [0.4, 0.5) is 0 Å². The van der Waals surface area contributed by atoms with Crippen molar-refractivity contribution < 1.29 is 9.53 Å². The topological polar surface area (TPSA) is 42.5 Å². The van der Waals surface area contributed by atoms with E-state index in [0.29, 0.717) is 0 Å². The van der Waals surface area contributed by atoms with E-state index in [1.165, 1.54) is 0 Å². The summed E-state index contributed by atoms with van der Waals surface area (Å²) in [5, 5.41) is 0. The summed E-state index contributed by atoms with van der Waals surface area (Å²) in [7, 11) is 0. The normalized spacial score (nSPS) is 28.0. The molecule has 0 radical (unpaired) electrons. The van der Waals surface area contributed by atoms with Crippen LogP contribution >= 0.6 is 0 Å². The van der Waals surface area contributed by atoms with Crippen molar-refractivity contribution in [2.24, 2.45) is 0 Å². The Labute approximate surface area is 117 Å². The zero-order valence-electron chi connectivity index (χ0n) is 11.1. The summed E-state index contributed by atoms with van der Waals surface area (Å²) in [4.78, 5) is 17.0. The molecule has 1 aromatic heterocycles. The molecule has 2 aromatic rings. The first-order valence-corrected chi connectivity index (χ1v) is 7.02. The van der Waals surface area contributed by atoms with E-state index >= 15 is 0 Å². The van der Waals surface area contributed by atoms with Crippen LogP contribution in [0.2, 0.25) is 0 Å². The zero-order chi connectivity index (χ0) is 13.6. The number of pyridine rings is 1. The number of carbonyl (C=O) groups excluding carboxylic acids is 1. The highest BCUT2D eigenvalue weighted by Gasteiger charge is 2.63. The van der Waals surface area contributed by atoms with E-state index in [9.17, 15) is 4.79 Å². The van der Waals surface area contributed by atoms with Crippen molar-refractivity contribution in [3.63, 3.8) is 0 Å². The van der Waals surface area contributed by atoms with Gasteiger partial charge in [0.25, 0.3) is 0 Å². The molecule has 2 aliphatic rings. The first-order chi connectivity index (χ1) is 9.81. The molecule has 1 spiro atoms. The maximum absolute atomic E-state index is 12.9. The number of benzene rings is 1. The highest BCUT2D eigenvalue weighted by molar-refractivity contribution is 6.06. The molecule has 2 unspecified atom stereocenters. The number of epoxide rings is 1. The van der Waals surface area contributed by atoms with Crippen molar-refractivity contribution >= 4 is 5.78 Å². The number of hydrogen-bond acceptors (Lipinski definition) is 3. The minimum Gasteiger partial charge on any atom is -0.352 e. The van der Waals surface area contributed by atoms with Crippen molar-refractivity contribution in [2.45, 2.75) is 31.0 Å².